The highest BCUT2D eigenvalue weighted by molar-refractivity contribution is 14.1. The lowest BCUT2D eigenvalue weighted by atomic mass is 10.4. The summed E-state index contributed by atoms with van der Waals surface area (Å²) in [6.07, 6.45) is 0. The van der Waals surface area contributed by atoms with Crippen LogP contribution in [-0.2, 0) is 0 Å². The Morgan fingerprint density at radius 3 is 2.75 bits per heavy atom. The molecule has 0 saturated carbocycles. The summed E-state index contributed by atoms with van der Waals surface area (Å²) in [6.45, 7) is 3.77. The average Bonchev–Trinajstić information content (AvgIpc) is 2.31. The maximum absolute atomic E-state index is 4.22. The van der Waals surface area contributed by atoms with E-state index in [1.54, 1.807) is 2.90 Å². The molecule has 0 fully saturated rings. The van der Waals surface area contributed by atoms with E-state index in [0.29, 0.717) is 5.65 Å². The SMILES string of the molecule is Cc1nc(C)c2c(nnn2I)n1. The fourth-order valence-electron chi connectivity index (χ4n) is 1.10. The molecule has 0 saturated heterocycles. The first-order chi connectivity index (χ1) is 5.68. The predicted octanol–water partition coefficient (Wildman–Crippen LogP) is 1.04. The third kappa shape index (κ3) is 1.06. The van der Waals surface area contributed by atoms with Gasteiger partial charge in [0.2, 0.25) is 5.65 Å². The molecule has 2 aromatic rings. The Labute approximate surface area is 82.7 Å². The Bertz CT molecular complexity index is 435. The highest BCUT2D eigenvalue weighted by atomic mass is 127. The van der Waals surface area contributed by atoms with Crippen LogP contribution in [-0.4, -0.2) is 23.2 Å². The van der Waals surface area contributed by atoms with Gasteiger partial charge in [-0.3, -0.25) is 0 Å². The van der Waals surface area contributed by atoms with Crippen LogP contribution in [0, 0.1) is 13.8 Å². The summed E-state index contributed by atoms with van der Waals surface area (Å²) in [5.74, 6) is 0.733. The van der Waals surface area contributed by atoms with Gasteiger partial charge in [0, 0.05) is 0 Å². The molecule has 0 atom stereocenters. The Kier molecular flexibility index (Phi) is 1.71. The quantitative estimate of drug-likeness (QED) is 0.674. The molecule has 0 amide bonds. The van der Waals surface area contributed by atoms with E-state index < -0.39 is 0 Å². The normalized spacial score (nSPS) is 10.9. The van der Waals surface area contributed by atoms with Crippen molar-refractivity contribution in [3.63, 3.8) is 0 Å². The summed E-state index contributed by atoms with van der Waals surface area (Å²) in [4.78, 5) is 8.37. The van der Waals surface area contributed by atoms with Crippen LogP contribution in [0.5, 0.6) is 0 Å². The molecule has 12 heavy (non-hydrogen) atoms. The van der Waals surface area contributed by atoms with E-state index in [4.69, 9.17) is 0 Å². The van der Waals surface area contributed by atoms with E-state index in [1.165, 1.54) is 0 Å². The summed E-state index contributed by atoms with van der Waals surface area (Å²) in [5, 5.41) is 7.74. The lowest BCUT2D eigenvalue weighted by Gasteiger charge is -1.95. The molecule has 2 aromatic heterocycles. The minimum Gasteiger partial charge on any atom is -0.236 e. The standard InChI is InChI=1S/C6H6IN5/c1-3-5-6(9-4(2)8-3)10-11-12(5)7/h1-2H3. The molecular weight excluding hydrogens is 269 g/mol. The van der Waals surface area contributed by atoms with Crippen molar-refractivity contribution in [2.24, 2.45) is 0 Å². The summed E-state index contributed by atoms with van der Waals surface area (Å²) in [7, 11) is 0. The van der Waals surface area contributed by atoms with E-state index in [9.17, 15) is 0 Å². The number of hydrogen-bond donors (Lipinski definition) is 0. The minimum atomic E-state index is 0.661. The number of hydrogen-bond acceptors (Lipinski definition) is 4. The molecule has 0 radical (unpaired) electrons. The molecule has 62 valence electrons. The second kappa shape index (κ2) is 2.61. The highest BCUT2D eigenvalue weighted by Gasteiger charge is 2.08. The fourth-order valence-corrected chi connectivity index (χ4v) is 1.76. The molecule has 6 heteroatoms. The van der Waals surface area contributed by atoms with Crippen LogP contribution in [0.4, 0.5) is 0 Å². The molecule has 0 aliphatic heterocycles. The first-order valence-corrected chi connectivity index (χ1v) is 4.38. The first kappa shape index (κ1) is 7.84. The maximum Gasteiger partial charge on any atom is 0.206 e. The van der Waals surface area contributed by atoms with Crippen LogP contribution in [0.15, 0.2) is 0 Å². The van der Waals surface area contributed by atoms with Gasteiger partial charge < -0.3 is 0 Å². The predicted molar refractivity (Wildman–Crippen MR) is 52.0 cm³/mol. The summed E-state index contributed by atoms with van der Waals surface area (Å²) < 4.78 is 1.65. The van der Waals surface area contributed by atoms with Crippen molar-refractivity contribution < 1.29 is 0 Å². The molecule has 0 aliphatic carbocycles. The molecular formula is C6H6IN5. The molecule has 2 rings (SSSR count). The monoisotopic (exact) mass is 275 g/mol. The Balaban J connectivity index is 2.93. The summed E-state index contributed by atoms with van der Waals surface area (Å²) in [6, 6.07) is 0. The Hall–Kier alpha value is -0.790. The number of nitrogens with zero attached hydrogens (tertiary/aromatic N) is 5. The first-order valence-electron chi connectivity index (χ1n) is 3.41. The third-order valence-electron chi connectivity index (χ3n) is 1.55. The van der Waals surface area contributed by atoms with E-state index in [-0.39, 0.29) is 0 Å². The van der Waals surface area contributed by atoms with Crippen molar-refractivity contribution in [1.82, 2.24) is 23.2 Å². The average molecular weight is 275 g/mol. The Morgan fingerprint density at radius 2 is 2.00 bits per heavy atom. The van der Waals surface area contributed by atoms with Gasteiger partial charge in [0.15, 0.2) is 0 Å². The van der Waals surface area contributed by atoms with Gasteiger partial charge in [-0.25, -0.2) is 9.97 Å². The molecule has 5 nitrogen and oxygen atoms in total. The van der Waals surface area contributed by atoms with Gasteiger partial charge in [-0.15, -0.1) is 5.10 Å². The molecule has 2 heterocycles. The second-order valence-electron chi connectivity index (χ2n) is 2.48. The van der Waals surface area contributed by atoms with Crippen LogP contribution in [0.1, 0.15) is 11.5 Å². The lowest BCUT2D eigenvalue weighted by Crippen LogP contribution is -1.93. The van der Waals surface area contributed by atoms with Crippen molar-refractivity contribution in [3.05, 3.63) is 11.5 Å². The molecule has 0 unspecified atom stereocenters. The molecule has 0 bridgehead atoms. The molecule has 0 spiro atoms. The second-order valence-corrected chi connectivity index (χ2v) is 3.39. The summed E-state index contributed by atoms with van der Waals surface area (Å²) >= 11 is 2.05. The van der Waals surface area contributed by atoms with Crippen LogP contribution in [0.3, 0.4) is 0 Å². The van der Waals surface area contributed by atoms with Crippen molar-refractivity contribution in [3.8, 4) is 0 Å². The summed E-state index contributed by atoms with van der Waals surface area (Å²) in [5.41, 5.74) is 2.47. The van der Waals surface area contributed by atoms with Crippen molar-refractivity contribution in [1.29, 1.82) is 0 Å². The van der Waals surface area contributed by atoms with Crippen molar-refractivity contribution in [2.75, 3.05) is 0 Å². The van der Waals surface area contributed by atoms with Gasteiger partial charge in [-0.2, -0.15) is 2.90 Å². The lowest BCUT2D eigenvalue weighted by molar-refractivity contribution is 0.933. The molecule has 0 N–H and O–H groups in total. The van der Waals surface area contributed by atoms with Gasteiger partial charge in [0.25, 0.3) is 0 Å². The smallest absolute Gasteiger partial charge is 0.206 e. The number of aromatic nitrogens is 5. The zero-order valence-electron chi connectivity index (χ0n) is 6.61. The zero-order valence-corrected chi connectivity index (χ0v) is 8.77. The number of rotatable bonds is 0. The van der Waals surface area contributed by atoms with Gasteiger partial charge in [0.05, 0.1) is 28.6 Å². The largest absolute Gasteiger partial charge is 0.236 e. The minimum absolute atomic E-state index is 0.661. The zero-order chi connectivity index (χ0) is 8.72. The maximum atomic E-state index is 4.22. The van der Waals surface area contributed by atoms with E-state index in [0.717, 1.165) is 17.0 Å². The number of aryl methyl sites for hydroxylation is 2. The highest BCUT2D eigenvalue weighted by Crippen LogP contribution is 2.13. The van der Waals surface area contributed by atoms with Crippen LogP contribution < -0.4 is 0 Å². The Morgan fingerprint density at radius 1 is 1.25 bits per heavy atom. The van der Waals surface area contributed by atoms with Gasteiger partial charge in [0.1, 0.15) is 11.3 Å². The number of fused-ring (bicyclic) bond motifs is 1. The molecule has 0 aromatic carbocycles. The topological polar surface area (TPSA) is 56.5 Å². The third-order valence-corrected chi connectivity index (χ3v) is 2.23. The fraction of sp³-hybridized carbons (Fsp3) is 0.333. The van der Waals surface area contributed by atoms with Gasteiger partial charge >= 0.3 is 0 Å². The van der Waals surface area contributed by atoms with Crippen molar-refractivity contribution in [2.45, 2.75) is 13.8 Å². The van der Waals surface area contributed by atoms with Crippen LogP contribution >= 0.6 is 22.9 Å². The van der Waals surface area contributed by atoms with Gasteiger partial charge in [-0.05, 0) is 13.8 Å². The van der Waals surface area contributed by atoms with Crippen LogP contribution in [0.2, 0.25) is 0 Å². The van der Waals surface area contributed by atoms with Crippen LogP contribution in [0.25, 0.3) is 11.2 Å². The molecule has 0 aliphatic rings. The van der Waals surface area contributed by atoms with E-state index in [1.807, 2.05) is 13.8 Å². The van der Waals surface area contributed by atoms with E-state index >= 15 is 0 Å². The van der Waals surface area contributed by atoms with Crippen molar-refractivity contribution >= 4 is 34.0 Å². The van der Waals surface area contributed by atoms with Gasteiger partial charge in [-0.1, -0.05) is 5.21 Å². The number of halogens is 1. The van der Waals surface area contributed by atoms with E-state index in [2.05, 4.69) is 43.1 Å².